The zero-order valence-corrected chi connectivity index (χ0v) is 20.4. The molecule has 3 rings (SSSR count). The van der Waals surface area contributed by atoms with Crippen LogP contribution in [0.15, 0.2) is 52.3 Å². The van der Waals surface area contributed by atoms with Crippen LogP contribution < -0.4 is 14.8 Å². The molecule has 1 N–H and O–H groups in total. The molecule has 1 fully saturated rings. The third-order valence-electron chi connectivity index (χ3n) is 4.86. The third kappa shape index (κ3) is 6.79. The number of nitrogens with one attached hydrogen (secondary N) is 1. The fraction of sp³-hybridized carbons (Fsp3) is 0.292. The minimum absolute atomic E-state index is 0.109. The summed E-state index contributed by atoms with van der Waals surface area (Å²) in [5.41, 5.74) is 1.92. The Balaban J connectivity index is 1.47. The summed E-state index contributed by atoms with van der Waals surface area (Å²) in [7, 11) is 3.08. The van der Waals surface area contributed by atoms with Crippen LogP contribution in [0.5, 0.6) is 11.5 Å². The number of ether oxygens (including phenoxy) is 2. The Labute approximate surface area is 201 Å². The molecular weight excluding hydrogens is 460 g/mol. The molecule has 0 radical (unpaired) electrons. The van der Waals surface area contributed by atoms with Crippen molar-refractivity contribution >= 4 is 46.7 Å². The van der Waals surface area contributed by atoms with Gasteiger partial charge in [0.05, 0.1) is 19.1 Å². The molecule has 0 aromatic heterocycles. The van der Waals surface area contributed by atoms with Crippen LogP contribution in [0.3, 0.4) is 0 Å². The Morgan fingerprint density at radius 2 is 1.82 bits per heavy atom. The van der Waals surface area contributed by atoms with Gasteiger partial charge >= 0.3 is 0 Å². The van der Waals surface area contributed by atoms with Crippen LogP contribution in [0, 0.1) is 6.92 Å². The van der Waals surface area contributed by atoms with E-state index in [4.69, 9.17) is 9.47 Å². The highest BCUT2D eigenvalue weighted by Gasteiger charge is 2.34. The van der Waals surface area contributed by atoms with E-state index in [1.807, 2.05) is 31.2 Å². The first-order valence-corrected chi connectivity index (χ1v) is 12.1. The number of hydrogen-bond acceptors (Lipinski definition) is 7. The maximum Gasteiger partial charge on any atom is 0.293 e. The average molecular weight is 487 g/mol. The number of amides is 3. The molecule has 2 aromatic rings. The summed E-state index contributed by atoms with van der Waals surface area (Å²) in [6, 6.07) is 13.4. The normalized spacial score (nSPS) is 14.6. The second-order valence-electron chi connectivity index (χ2n) is 7.21. The highest BCUT2D eigenvalue weighted by Crippen LogP contribution is 2.34. The molecule has 0 atom stereocenters. The Bertz CT molecular complexity index is 1050. The van der Waals surface area contributed by atoms with Gasteiger partial charge in [0.2, 0.25) is 5.91 Å². The summed E-state index contributed by atoms with van der Waals surface area (Å²) >= 11 is 2.50. The van der Waals surface area contributed by atoms with E-state index in [2.05, 4.69) is 5.32 Å². The monoisotopic (exact) mass is 486 g/mol. The quantitative estimate of drug-likeness (QED) is 0.395. The zero-order valence-electron chi connectivity index (χ0n) is 18.8. The van der Waals surface area contributed by atoms with E-state index in [0.29, 0.717) is 28.6 Å². The van der Waals surface area contributed by atoms with E-state index in [0.717, 1.165) is 27.1 Å². The van der Waals surface area contributed by atoms with Gasteiger partial charge in [-0.2, -0.15) is 0 Å². The zero-order chi connectivity index (χ0) is 23.8. The van der Waals surface area contributed by atoms with Crippen LogP contribution in [-0.2, 0) is 9.59 Å². The fourth-order valence-electron chi connectivity index (χ4n) is 3.08. The van der Waals surface area contributed by atoms with Crippen molar-refractivity contribution in [2.75, 3.05) is 33.1 Å². The molecule has 1 aliphatic rings. The molecule has 0 bridgehead atoms. The SMILES string of the molecule is COc1ccc(C=C2SC(=O)N(CCNC(=O)CCSc3ccc(C)cc3)C2=O)cc1OC. The lowest BCUT2D eigenvalue weighted by molar-refractivity contribution is -0.124. The first-order valence-electron chi connectivity index (χ1n) is 10.3. The van der Waals surface area contributed by atoms with E-state index in [9.17, 15) is 14.4 Å². The highest BCUT2D eigenvalue weighted by atomic mass is 32.2. The minimum atomic E-state index is -0.371. The molecule has 1 aliphatic heterocycles. The molecule has 1 heterocycles. The summed E-state index contributed by atoms with van der Waals surface area (Å²) in [5.74, 6) is 1.29. The Kier molecular flexibility index (Phi) is 8.85. The topological polar surface area (TPSA) is 84.9 Å². The molecule has 1 saturated heterocycles. The fourth-order valence-corrected chi connectivity index (χ4v) is 4.80. The summed E-state index contributed by atoms with van der Waals surface area (Å²) in [6.07, 6.45) is 2.01. The number of carbonyl (C=O) groups excluding carboxylic acids is 3. The molecule has 9 heteroatoms. The predicted octanol–water partition coefficient (Wildman–Crippen LogP) is 4.35. The molecule has 33 heavy (non-hydrogen) atoms. The molecule has 0 spiro atoms. The lowest BCUT2D eigenvalue weighted by Gasteiger charge is -2.13. The van der Waals surface area contributed by atoms with Gasteiger partial charge < -0.3 is 14.8 Å². The molecule has 7 nitrogen and oxygen atoms in total. The number of rotatable bonds is 10. The second-order valence-corrected chi connectivity index (χ2v) is 9.37. The van der Waals surface area contributed by atoms with Crippen molar-refractivity contribution in [1.82, 2.24) is 10.2 Å². The molecule has 174 valence electrons. The number of thioether (sulfide) groups is 2. The standard InChI is InChI=1S/C24H26N2O5S2/c1-16-4-7-18(8-5-16)32-13-10-22(27)25-11-12-26-23(28)21(33-24(26)29)15-17-6-9-19(30-2)20(14-17)31-3/h4-9,14-15H,10-13H2,1-3H3,(H,25,27). The van der Waals surface area contributed by atoms with Crippen LogP contribution in [0.25, 0.3) is 6.08 Å². The Morgan fingerprint density at radius 3 is 2.52 bits per heavy atom. The number of imide groups is 1. The van der Waals surface area contributed by atoms with Crippen LogP contribution in [0.4, 0.5) is 4.79 Å². The van der Waals surface area contributed by atoms with Crippen LogP contribution >= 0.6 is 23.5 Å². The van der Waals surface area contributed by atoms with E-state index < -0.39 is 0 Å². The van der Waals surface area contributed by atoms with Crippen molar-refractivity contribution in [1.29, 1.82) is 0 Å². The molecule has 3 amide bonds. The second kappa shape index (κ2) is 11.8. The van der Waals surface area contributed by atoms with Crippen LogP contribution in [-0.4, -0.2) is 55.0 Å². The number of benzene rings is 2. The van der Waals surface area contributed by atoms with Gasteiger partial charge in [0, 0.05) is 30.2 Å². The lowest BCUT2D eigenvalue weighted by atomic mass is 10.2. The van der Waals surface area contributed by atoms with Gasteiger partial charge in [-0.3, -0.25) is 19.3 Å². The highest BCUT2D eigenvalue weighted by molar-refractivity contribution is 8.18. The Hall–Kier alpha value is -2.91. The summed E-state index contributed by atoms with van der Waals surface area (Å²) in [4.78, 5) is 39.7. The van der Waals surface area contributed by atoms with Crippen LogP contribution in [0.2, 0.25) is 0 Å². The number of methoxy groups -OCH3 is 2. The first kappa shape index (κ1) is 24.7. The molecular formula is C24H26N2O5S2. The van der Waals surface area contributed by atoms with Crippen molar-refractivity contribution in [2.24, 2.45) is 0 Å². The summed E-state index contributed by atoms with van der Waals surface area (Å²) in [5, 5.41) is 2.43. The van der Waals surface area contributed by atoms with Gasteiger partial charge in [0.25, 0.3) is 11.1 Å². The molecule has 0 unspecified atom stereocenters. The summed E-state index contributed by atoms with van der Waals surface area (Å²) in [6.45, 7) is 2.38. The van der Waals surface area contributed by atoms with Gasteiger partial charge in [-0.15, -0.1) is 11.8 Å². The van der Waals surface area contributed by atoms with E-state index in [1.165, 1.54) is 12.7 Å². The molecule has 2 aromatic carbocycles. The largest absolute Gasteiger partial charge is 0.493 e. The van der Waals surface area contributed by atoms with Crippen LogP contribution in [0.1, 0.15) is 17.5 Å². The minimum Gasteiger partial charge on any atom is -0.493 e. The van der Waals surface area contributed by atoms with Gasteiger partial charge in [0.15, 0.2) is 11.5 Å². The average Bonchev–Trinajstić information content (AvgIpc) is 3.07. The molecule has 0 saturated carbocycles. The van der Waals surface area contributed by atoms with Gasteiger partial charge in [-0.25, -0.2) is 0 Å². The van der Waals surface area contributed by atoms with Crippen molar-refractivity contribution in [3.05, 3.63) is 58.5 Å². The Morgan fingerprint density at radius 1 is 1.09 bits per heavy atom. The number of carbonyl (C=O) groups is 3. The third-order valence-corrected chi connectivity index (χ3v) is 6.78. The van der Waals surface area contributed by atoms with E-state index in [-0.39, 0.29) is 30.1 Å². The van der Waals surface area contributed by atoms with Gasteiger partial charge in [-0.05, 0) is 54.6 Å². The van der Waals surface area contributed by atoms with E-state index in [1.54, 1.807) is 43.1 Å². The number of nitrogens with zero attached hydrogens (tertiary/aromatic N) is 1. The molecule has 0 aliphatic carbocycles. The van der Waals surface area contributed by atoms with Crippen molar-refractivity contribution in [3.8, 4) is 11.5 Å². The smallest absolute Gasteiger partial charge is 0.293 e. The lowest BCUT2D eigenvalue weighted by Crippen LogP contribution is -2.37. The number of aryl methyl sites for hydroxylation is 1. The summed E-state index contributed by atoms with van der Waals surface area (Å²) < 4.78 is 10.5. The van der Waals surface area contributed by atoms with Crippen molar-refractivity contribution in [2.45, 2.75) is 18.2 Å². The predicted molar refractivity (Wildman–Crippen MR) is 132 cm³/mol. The maximum absolute atomic E-state index is 12.7. The first-order chi connectivity index (χ1) is 15.9. The maximum atomic E-state index is 12.7. The number of hydrogen-bond donors (Lipinski definition) is 1. The van der Waals surface area contributed by atoms with Crippen molar-refractivity contribution in [3.63, 3.8) is 0 Å². The van der Waals surface area contributed by atoms with Gasteiger partial charge in [0.1, 0.15) is 0 Å². The van der Waals surface area contributed by atoms with Gasteiger partial charge in [-0.1, -0.05) is 23.8 Å². The van der Waals surface area contributed by atoms with Crippen molar-refractivity contribution < 1.29 is 23.9 Å². The van der Waals surface area contributed by atoms with E-state index >= 15 is 0 Å².